The summed E-state index contributed by atoms with van der Waals surface area (Å²) in [6.45, 7) is 6.40. The molecule has 0 spiro atoms. The van der Waals surface area contributed by atoms with Crippen molar-refractivity contribution >= 4 is 46.4 Å². The Morgan fingerprint density at radius 3 is 2.60 bits per heavy atom. The molecule has 1 saturated carbocycles. The first-order chi connectivity index (χ1) is 17.0. The van der Waals surface area contributed by atoms with E-state index in [2.05, 4.69) is 74.7 Å². The van der Waals surface area contributed by atoms with Gasteiger partial charge in [-0.1, -0.05) is 48.5 Å². The smallest absolute Gasteiger partial charge is 0.290 e. The Bertz CT molecular complexity index is 1210. The van der Waals surface area contributed by atoms with Crippen LogP contribution in [0.5, 0.6) is 0 Å². The van der Waals surface area contributed by atoms with E-state index in [9.17, 15) is 9.59 Å². The van der Waals surface area contributed by atoms with Crippen LogP contribution in [0.25, 0.3) is 10.8 Å². The van der Waals surface area contributed by atoms with E-state index >= 15 is 0 Å². The molecule has 1 saturated heterocycles. The van der Waals surface area contributed by atoms with Crippen molar-refractivity contribution < 1.29 is 9.59 Å². The van der Waals surface area contributed by atoms with Crippen molar-refractivity contribution in [2.45, 2.75) is 51.2 Å². The number of allylic oxidation sites excluding steroid dienone is 2. The third-order valence-corrected chi connectivity index (χ3v) is 7.42. The van der Waals surface area contributed by atoms with Gasteiger partial charge in [0, 0.05) is 25.7 Å². The number of rotatable bonds is 6. The Morgan fingerprint density at radius 2 is 1.91 bits per heavy atom. The summed E-state index contributed by atoms with van der Waals surface area (Å²) in [4.78, 5) is 34.5. The van der Waals surface area contributed by atoms with Crippen molar-refractivity contribution in [3.63, 3.8) is 0 Å². The molecule has 2 aliphatic rings. The largest absolute Gasteiger partial charge is 0.341 e. The van der Waals surface area contributed by atoms with Crippen LogP contribution >= 0.6 is 11.8 Å². The van der Waals surface area contributed by atoms with Crippen LogP contribution in [0, 0.1) is 0 Å². The standard InChI is InChI=1S/C27H31N5O2S/c1-4-20(16-24-25(33)31-27(34)35-24)30-26(28-2)32(3)22-14-12-21(13-15-22)29-17-19-10-7-9-18-8-5-6-11-23(18)19/h4-11,16,21-22,29H,2,12-15,17H2,1,3H3,(H,31,33,34)/b20-4-,24-16-,30-26+/t21-,22-. The zero-order chi connectivity index (χ0) is 24.8. The molecule has 1 aliphatic heterocycles. The van der Waals surface area contributed by atoms with Crippen molar-refractivity contribution in [3.8, 4) is 0 Å². The summed E-state index contributed by atoms with van der Waals surface area (Å²) >= 11 is 0.877. The average Bonchev–Trinajstić information content (AvgIpc) is 3.21. The molecule has 2 fully saturated rings. The highest BCUT2D eigenvalue weighted by Crippen LogP contribution is 2.27. The molecule has 4 rings (SSSR count). The summed E-state index contributed by atoms with van der Waals surface area (Å²) in [7, 11) is 1.99. The van der Waals surface area contributed by atoms with Gasteiger partial charge in [-0.25, -0.2) is 9.98 Å². The molecular formula is C27H31N5O2S. The number of imide groups is 1. The van der Waals surface area contributed by atoms with Crippen molar-refractivity contribution in [1.29, 1.82) is 0 Å². The number of aliphatic imine (C=N–C) groups is 2. The fourth-order valence-corrected chi connectivity index (χ4v) is 5.28. The number of guanidine groups is 1. The zero-order valence-corrected chi connectivity index (χ0v) is 21.0. The summed E-state index contributed by atoms with van der Waals surface area (Å²) in [5.41, 5.74) is 1.90. The Morgan fingerprint density at radius 1 is 1.17 bits per heavy atom. The molecule has 182 valence electrons. The van der Waals surface area contributed by atoms with Crippen LogP contribution in [-0.2, 0) is 11.3 Å². The highest BCUT2D eigenvalue weighted by Gasteiger charge is 2.27. The van der Waals surface area contributed by atoms with Crippen LogP contribution in [0.1, 0.15) is 38.2 Å². The van der Waals surface area contributed by atoms with Gasteiger partial charge in [0.2, 0.25) is 5.96 Å². The van der Waals surface area contributed by atoms with E-state index in [1.807, 2.05) is 14.0 Å². The zero-order valence-electron chi connectivity index (χ0n) is 20.2. The molecule has 1 heterocycles. The lowest BCUT2D eigenvalue weighted by molar-refractivity contribution is -0.115. The maximum Gasteiger partial charge on any atom is 0.290 e. The lowest BCUT2D eigenvalue weighted by Gasteiger charge is -2.35. The fourth-order valence-electron chi connectivity index (χ4n) is 4.61. The minimum Gasteiger partial charge on any atom is -0.341 e. The molecule has 8 heteroatoms. The van der Waals surface area contributed by atoms with Gasteiger partial charge in [0.05, 0.1) is 10.6 Å². The van der Waals surface area contributed by atoms with Gasteiger partial charge < -0.3 is 10.2 Å². The van der Waals surface area contributed by atoms with Crippen molar-refractivity contribution in [1.82, 2.24) is 15.5 Å². The molecule has 0 bridgehead atoms. The molecule has 2 aromatic rings. The van der Waals surface area contributed by atoms with Crippen LogP contribution in [0.4, 0.5) is 4.79 Å². The molecule has 1 aliphatic carbocycles. The third-order valence-electron chi connectivity index (χ3n) is 6.61. The molecule has 0 aromatic heterocycles. The van der Waals surface area contributed by atoms with Gasteiger partial charge in [0.1, 0.15) is 0 Å². The van der Waals surface area contributed by atoms with Gasteiger partial charge in [-0.05, 0) is 73.5 Å². The highest BCUT2D eigenvalue weighted by molar-refractivity contribution is 8.18. The Hall–Kier alpha value is -3.23. The average molecular weight is 490 g/mol. The third kappa shape index (κ3) is 6.07. The molecule has 2 N–H and O–H groups in total. The summed E-state index contributed by atoms with van der Waals surface area (Å²) < 4.78 is 0. The molecule has 7 nitrogen and oxygen atoms in total. The number of hydrogen-bond donors (Lipinski definition) is 2. The van der Waals surface area contributed by atoms with Gasteiger partial charge in [-0.3, -0.25) is 14.9 Å². The maximum absolute atomic E-state index is 11.9. The summed E-state index contributed by atoms with van der Waals surface area (Å²) in [6, 6.07) is 15.8. The molecule has 2 aromatic carbocycles. The number of hydrogen-bond acceptors (Lipinski definition) is 5. The number of nitrogens with zero attached hydrogens (tertiary/aromatic N) is 3. The second-order valence-electron chi connectivity index (χ2n) is 8.77. The van der Waals surface area contributed by atoms with E-state index in [-0.39, 0.29) is 5.24 Å². The Labute approximate surface area is 210 Å². The topological polar surface area (TPSA) is 86.2 Å². The van der Waals surface area contributed by atoms with Crippen molar-refractivity contribution in [3.05, 3.63) is 70.8 Å². The number of amides is 2. The first kappa shape index (κ1) is 24.9. The van der Waals surface area contributed by atoms with Gasteiger partial charge in [-0.2, -0.15) is 0 Å². The molecule has 0 unspecified atom stereocenters. The first-order valence-corrected chi connectivity index (χ1v) is 12.7. The molecule has 35 heavy (non-hydrogen) atoms. The van der Waals surface area contributed by atoms with E-state index in [1.165, 1.54) is 16.3 Å². The molecular weight excluding hydrogens is 458 g/mol. The van der Waals surface area contributed by atoms with Gasteiger partial charge >= 0.3 is 0 Å². The van der Waals surface area contributed by atoms with Crippen LogP contribution in [0.15, 0.2) is 75.2 Å². The molecule has 0 atom stereocenters. The van der Waals surface area contributed by atoms with Crippen LogP contribution < -0.4 is 10.6 Å². The second-order valence-corrected chi connectivity index (χ2v) is 9.79. The predicted molar refractivity (Wildman–Crippen MR) is 145 cm³/mol. The molecule has 0 radical (unpaired) electrons. The first-order valence-electron chi connectivity index (χ1n) is 11.9. The van der Waals surface area contributed by atoms with Crippen molar-refractivity contribution in [2.24, 2.45) is 9.98 Å². The van der Waals surface area contributed by atoms with Crippen LogP contribution in [0.3, 0.4) is 0 Å². The van der Waals surface area contributed by atoms with Crippen LogP contribution in [-0.4, -0.2) is 47.9 Å². The minimum atomic E-state index is -0.398. The maximum atomic E-state index is 11.9. The van der Waals surface area contributed by atoms with E-state index in [0.717, 1.165) is 44.0 Å². The normalized spacial score (nSPS) is 22.5. The van der Waals surface area contributed by atoms with E-state index in [1.54, 1.807) is 12.2 Å². The number of fused-ring (bicyclic) bond motifs is 1. The van der Waals surface area contributed by atoms with Gasteiger partial charge in [-0.15, -0.1) is 0 Å². The Kier molecular flexibility index (Phi) is 8.15. The summed E-state index contributed by atoms with van der Waals surface area (Å²) in [5.74, 6) is 0.113. The number of thioether (sulfide) groups is 1. The minimum absolute atomic E-state index is 0.311. The second kappa shape index (κ2) is 11.5. The monoisotopic (exact) mass is 489 g/mol. The SMILES string of the molecule is C=N\C(=N/C(=C\C)/C=C1\SC(=O)NC1=O)N(C)[C@H]1CC[C@H](NCc2cccc3ccccc23)CC1. The van der Waals surface area contributed by atoms with Crippen molar-refractivity contribution in [2.75, 3.05) is 7.05 Å². The lowest BCUT2D eigenvalue weighted by Crippen LogP contribution is -2.42. The fraction of sp³-hybridized carbons (Fsp3) is 0.333. The van der Waals surface area contributed by atoms with E-state index < -0.39 is 5.91 Å². The quantitative estimate of drug-likeness (QED) is 0.339. The lowest BCUT2D eigenvalue weighted by atomic mass is 9.90. The summed E-state index contributed by atoms with van der Waals surface area (Å²) in [5, 5.41) is 8.22. The number of nitrogens with one attached hydrogen (secondary N) is 2. The number of carbonyl (C=O) groups is 2. The van der Waals surface area contributed by atoms with Gasteiger partial charge in [0.15, 0.2) is 0 Å². The van der Waals surface area contributed by atoms with E-state index in [0.29, 0.717) is 28.6 Å². The van der Waals surface area contributed by atoms with Crippen LogP contribution in [0.2, 0.25) is 0 Å². The number of benzene rings is 2. The molecule has 2 amide bonds. The van der Waals surface area contributed by atoms with Gasteiger partial charge in [0.25, 0.3) is 11.1 Å². The summed E-state index contributed by atoms with van der Waals surface area (Å²) in [6.07, 6.45) is 7.59. The Balaban J connectivity index is 1.34. The predicted octanol–water partition coefficient (Wildman–Crippen LogP) is 5.00. The highest BCUT2D eigenvalue weighted by atomic mass is 32.2. The van der Waals surface area contributed by atoms with E-state index in [4.69, 9.17) is 0 Å². The number of carbonyl (C=O) groups excluding carboxylic acids is 2.